The zero-order chi connectivity index (χ0) is 23.7. The van der Waals surface area contributed by atoms with Gasteiger partial charge in [-0.1, -0.05) is 48.5 Å². The monoisotopic (exact) mass is 457 g/mol. The number of carbonyl (C=O) groups excluding carboxylic acids is 1. The molecule has 3 aromatic carbocycles. The van der Waals surface area contributed by atoms with Gasteiger partial charge in [0.1, 0.15) is 5.60 Å². The fourth-order valence-electron chi connectivity index (χ4n) is 4.90. The van der Waals surface area contributed by atoms with Gasteiger partial charge in [-0.25, -0.2) is 4.79 Å². The van der Waals surface area contributed by atoms with Crippen molar-refractivity contribution in [1.29, 1.82) is 0 Å². The lowest BCUT2D eigenvalue weighted by Crippen LogP contribution is -2.48. The van der Waals surface area contributed by atoms with E-state index in [-0.39, 0.29) is 18.1 Å². The predicted octanol–water partition coefficient (Wildman–Crippen LogP) is 6.90. The summed E-state index contributed by atoms with van der Waals surface area (Å²) in [6, 6.07) is 21.1. The van der Waals surface area contributed by atoms with Gasteiger partial charge < -0.3 is 18.8 Å². The molecule has 0 bridgehead atoms. The molecule has 2 heterocycles. The van der Waals surface area contributed by atoms with Crippen molar-refractivity contribution in [2.24, 2.45) is 0 Å². The highest BCUT2D eigenvalue weighted by Crippen LogP contribution is 2.34. The number of likely N-dealkylation sites (tertiary alicyclic amines) is 1. The molecule has 0 saturated carbocycles. The minimum absolute atomic E-state index is 0.152. The van der Waals surface area contributed by atoms with E-state index in [1.165, 1.54) is 27.1 Å². The molecule has 0 radical (unpaired) electrons. The highest BCUT2D eigenvalue weighted by molar-refractivity contribution is 6.02. The number of benzene rings is 3. The van der Waals surface area contributed by atoms with Crippen molar-refractivity contribution in [3.05, 3.63) is 84.3 Å². The van der Waals surface area contributed by atoms with Crippen LogP contribution in [0.15, 0.2) is 77.6 Å². The van der Waals surface area contributed by atoms with Crippen molar-refractivity contribution in [2.75, 3.05) is 13.1 Å². The van der Waals surface area contributed by atoms with Gasteiger partial charge in [0, 0.05) is 12.5 Å². The Hall–Kier alpha value is -3.31. The molecule has 0 spiro atoms. The standard InChI is InChI=1S/C29H31NO4/c1-29(2,3)34-28(31)30-14-12-25(22-13-15-32-18-22)27(17-30)33-19-26-23-10-6-4-8-20(23)16-21-9-5-7-11-24(21)26/h4-11,13,15-16,18,25,27H,12,14,17,19H2,1-3H3/t25-,27+/m1/s1. The molecule has 34 heavy (non-hydrogen) atoms. The van der Waals surface area contributed by atoms with Gasteiger partial charge in [0.2, 0.25) is 0 Å². The number of hydrogen-bond donors (Lipinski definition) is 0. The van der Waals surface area contributed by atoms with E-state index in [9.17, 15) is 4.79 Å². The van der Waals surface area contributed by atoms with Crippen LogP contribution in [-0.2, 0) is 16.1 Å². The quantitative estimate of drug-likeness (QED) is 0.313. The number of piperidine rings is 1. The summed E-state index contributed by atoms with van der Waals surface area (Å²) >= 11 is 0. The maximum absolute atomic E-state index is 12.8. The van der Waals surface area contributed by atoms with Gasteiger partial charge in [0.05, 0.1) is 31.8 Å². The molecule has 4 aromatic rings. The molecule has 0 unspecified atom stereocenters. The maximum atomic E-state index is 12.8. The first-order valence-corrected chi connectivity index (χ1v) is 11.9. The fraction of sp³-hybridized carbons (Fsp3) is 0.345. The highest BCUT2D eigenvalue weighted by atomic mass is 16.6. The third kappa shape index (κ3) is 4.66. The van der Waals surface area contributed by atoms with Crippen LogP contribution >= 0.6 is 0 Å². The Labute approximate surface area is 200 Å². The second kappa shape index (κ2) is 9.15. The first-order valence-electron chi connectivity index (χ1n) is 11.9. The van der Waals surface area contributed by atoms with E-state index in [0.717, 1.165) is 12.0 Å². The Bertz CT molecular complexity index is 1230. The summed E-state index contributed by atoms with van der Waals surface area (Å²) in [5, 5.41) is 4.79. The lowest BCUT2D eigenvalue weighted by Gasteiger charge is -2.38. The second-order valence-electron chi connectivity index (χ2n) is 10.0. The predicted molar refractivity (Wildman–Crippen MR) is 134 cm³/mol. The van der Waals surface area contributed by atoms with Crippen LogP contribution in [0.3, 0.4) is 0 Å². The van der Waals surface area contributed by atoms with Gasteiger partial charge in [0.25, 0.3) is 0 Å². The number of carbonyl (C=O) groups is 1. The van der Waals surface area contributed by atoms with Crippen molar-refractivity contribution >= 4 is 27.6 Å². The number of hydrogen-bond acceptors (Lipinski definition) is 4. The van der Waals surface area contributed by atoms with E-state index in [4.69, 9.17) is 13.9 Å². The molecular formula is C29H31NO4. The highest BCUT2D eigenvalue weighted by Gasteiger charge is 2.35. The van der Waals surface area contributed by atoms with Crippen LogP contribution in [0.2, 0.25) is 0 Å². The topological polar surface area (TPSA) is 51.9 Å². The number of nitrogens with zero attached hydrogens (tertiary/aromatic N) is 1. The Kier molecular flexibility index (Phi) is 6.05. The SMILES string of the molecule is CC(C)(C)OC(=O)N1CC[C@H](c2ccoc2)[C@@H](OCc2c3ccccc3cc3ccccc23)C1. The molecule has 0 aliphatic carbocycles. The van der Waals surface area contributed by atoms with Gasteiger partial charge in [-0.05, 0) is 72.0 Å². The van der Waals surface area contributed by atoms with Crippen LogP contribution in [0, 0.1) is 0 Å². The Morgan fingerprint density at radius 1 is 1.03 bits per heavy atom. The Balaban J connectivity index is 1.44. The smallest absolute Gasteiger partial charge is 0.410 e. The average Bonchev–Trinajstić information content (AvgIpc) is 3.35. The van der Waals surface area contributed by atoms with Crippen molar-refractivity contribution in [1.82, 2.24) is 4.90 Å². The maximum Gasteiger partial charge on any atom is 0.410 e. The molecule has 176 valence electrons. The lowest BCUT2D eigenvalue weighted by molar-refractivity contribution is -0.0355. The molecule has 5 heteroatoms. The van der Waals surface area contributed by atoms with E-state index in [0.29, 0.717) is 19.7 Å². The van der Waals surface area contributed by atoms with E-state index >= 15 is 0 Å². The van der Waals surface area contributed by atoms with Crippen LogP contribution in [0.1, 0.15) is 44.2 Å². The first-order chi connectivity index (χ1) is 16.4. The molecule has 1 aliphatic heterocycles. The number of ether oxygens (including phenoxy) is 2. The summed E-state index contributed by atoms with van der Waals surface area (Å²) in [5.74, 6) is 0.152. The van der Waals surface area contributed by atoms with Crippen molar-refractivity contribution < 1.29 is 18.7 Å². The van der Waals surface area contributed by atoms with Crippen molar-refractivity contribution in [3.8, 4) is 0 Å². The summed E-state index contributed by atoms with van der Waals surface area (Å²) in [5.41, 5.74) is 1.75. The summed E-state index contributed by atoms with van der Waals surface area (Å²) in [6.45, 7) is 7.24. The van der Waals surface area contributed by atoms with Crippen LogP contribution in [-0.4, -0.2) is 35.8 Å². The van der Waals surface area contributed by atoms with Crippen LogP contribution < -0.4 is 0 Å². The largest absolute Gasteiger partial charge is 0.472 e. The molecular weight excluding hydrogens is 426 g/mol. The lowest BCUT2D eigenvalue weighted by atomic mass is 9.88. The molecule has 1 aromatic heterocycles. The van der Waals surface area contributed by atoms with Crippen molar-refractivity contribution in [3.63, 3.8) is 0 Å². The third-order valence-electron chi connectivity index (χ3n) is 6.51. The number of rotatable bonds is 4. The number of fused-ring (bicyclic) bond motifs is 2. The summed E-state index contributed by atoms with van der Waals surface area (Å²) in [6.07, 6.45) is 3.82. The molecule has 1 saturated heterocycles. The average molecular weight is 458 g/mol. The minimum Gasteiger partial charge on any atom is -0.472 e. The molecule has 5 rings (SSSR count). The van der Waals surface area contributed by atoms with Gasteiger partial charge >= 0.3 is 6.09 Å². The zero-order valence-electron chi connectivity index (χ0n) is 20.0. The third-order valence-corrected chi connectivity index (χ3v) is 6.51. The molecule has 1 amide bonds. The minimum atomic E-state index is -0.531. The molecule has 1 aliphatic rings. The molecule has 0 N–H and O–H groups in total. The fourth-order valence-corrected chi connectivity index (χ4v) is 4.90. The van der Waals surface area contributed by atoms with E-state index < -0.39 is 5.60 Å². The second-order valence-corrected chi connectivity index (χ2v) is 10.0. The number of amides is 1. The Morgan fingerprint density at radius 2 is 1.71 bits per heavy atom. The van der Waals surface area contributed by atoms with Crippen LogP contribution in [0.4, 0.5) is 4.79 Å². The van der Waals surface area contributed by atoms with Gasteiger partial charge in [0.15, 0.2) is 0 Å². The van der Waals surface area contributed by atoms with E-state index in [2.05, 4.69) is 54.6 Å². The number of furan rings is 1. The summed E-state index contributed by atoms with van der Waals surface area (Å²) < 4.78 is 17.7. The molecule has 1 fully saturated rings. The Morgan fingerprint density at radius 3 is 2.32 bits per heavy atom. The zero-order valence-corrected chi connectivity index (χ0v) is 20.0. The van der Waals surface area contributed by atoms with Crippen LogP contribution in [0.25, 0.3) is 21.5 Å². The normalized spacial score (nSPS) is 19.0. The molecule has 5 nitrogen and oxygen atoms in total. The van der Waals surface area contributed by atoms with Gasteiger partial charge in [-0.2, -0.15) is 0 Å². The van der Waals surface area contributed by atoms with Crippen molar-refractivity contribution in [2.45, 2.75) is 51.4 Å². The van der Waals surface area contributed by atoms with E-state index in [1.54, 1.807) is 17.4 Å². The van der Waals surface area contributed by atoms with Crippen LogP contribution in [0.5, 0.6) is 0 Å². The first kappa shape index (κ1) is 22.5. The van der Waals surface area contributed by atoms with Gasteiger partial charge in [-0.15, -0.1) is 0 Å². The van der Waals surface area contributed by atoms with E-state index in [1.807, 2.05) is 26.8 Å². The summed E-state index contributed by atoms with van der Waals surface area (Å²) in [4.78, 5) is 14.6. The van der Waals surface area contributed by atoms with Gasteiger partial charge in [-0.3, -0.25) is 0 Å². The summed E-state index contributed by atoms with van der Waals surface area (Å²) in [7, 11) is 0. The molecule has 2 atom stereocenters.